The van der Waals surface area contributed by atoms with Crippen LogP contribution in [-0.2, 0) is 10.4 Å². The Bertz CT molecular complexity index is 1570. The number of rotatable bonds is 7. The lowest BCUT2D eigenvalue weighted by Crippen LogP contribution is -2.43. The summed E-state index contributed by atoms with van der Waals surface area (Å²) in [6, 6.07) is 37.3. The molecule has 0 aliphatic carbocycles. The lowest BCUT2D eigenvalue weighted by molar-refractivity contribution is -0.136. The molecule has 2 N–H and O–H groups in total. The number of amides is 1. The minimum Gasteiger partial charge on any atom is -0.423 e. The molecule has 0 radical (unpaired) electrons. The Morgan fingerprint density at radius 1 is 0.737 bits per heavy atom. The molecule has 0 atom stereocenters. The van der Waals surface area contributed by atoms with Crippen molar-refractivity contribution in [3.05, 3.63) is 150 Å². The summed E-state index contributed by atoms with van der Waals surface area (Å²) < 4.78 is 5.62. The molecule has 0 spiro atoms. The molecule has 6 nitrogen and oxygen atoms in total. The molecule has 0 bridgehead atoms. The number of carbonyl (C=O) groups is 2. The van der Waals surface area contributed by atoms with E-state index < -0.39 is 17.5 Å². The molecule has 186 valence electrons. The van der Waals surface area contributed by atoms with Crippen LogP contribution in [0.3, 0.4) is 0 Å². The van der Waals surface area contributed by atoms with Gasteiger partial charge in [-0.05, 0) is 45.7 Å². The molecular weight excluding hydrogens is 476 g/mol. The van der Waals surface area contributed by atoms with E-state index in [2.05, 4.69) is 10.5 Å². The average Bonchev–Trinajstić information content (AvgIpc) is 2.97. The molecule has 5 aromatic carbocycles. The molecule has 0 aromatic heterocycles. The van der Waals surface area contributed by atoms with Gasteiger partial charge in [0.25, 0.3) is 5.91 Å². The topological polar surface area (TPSA) is 88.0 Å². The summed E-state index contributed by atoms with van der Waals surface area (Å²) in [5, 5.41) is 17.3. The lowest BCUT2D eigenvalue weighted by Gasteiger charge is -2.27. The summed E-state index contributed by atoms with van der Waals surface area (Å²) >= 11 is 0. The molecule has 0 fully saturated rings. The van der Waals surface area contributed by atoms with Crippen molar-refractivity contribution in [2.75, 3.05) is 0 Å². The van der Waals surface area contributed by atoms with Crippen molar-refractivity contribution in [3.8, 4) is 5.75 Å². The number of hydrazone groups is 1. The summed E-state index contributed by atoms with van der Waals surface area (Å²) in [5.41, 5.74) is 2.41. The van der Waals surface area contributed by atoms with Gasteiger partial charge < -0.3 is 9.84 Å². The second kappa shape index (κ2) is 10.9. The monoisotopic (exact) mass is 500 g/mol. The van der Waals surface area contributed by atoms with Crippen LogP contribution in [0.4, 0.5) is 0 Å². The highest BCUT2D eigenvalue weighted by molar-refractivity contribution is 6.05. The predicted molar refractivity (Wildman–Crippen MR) is 147 cm³/mol. The first-order valence-corrected chi connectivity index (χ1v) is 12.0. The van der Waals surface area contributed by atoms with Gasteiger partial charge in [-0.15, -0.1) is 0 Å². The summed E-state index contributed by atoms with van der Waals surface area (Å²) in [6.07, 6.45) is 1.42. The fourth-order valence-corrected chi connectivity index (χ4v) is 4.26. The van der Waals surface area contributed by atoms with Crippen LogP contribution < -0.4 is 10.2 Å². The minimum atomic E-state index is -1.93. The molecule has 0 saturated heterocycles. The number of hydrogen-bond donors (Lipinski definition) is 2. The zero-order valence-electron chi connectivity index (χ0n) is 20.3. The highest BCUT2D eigenvalue weighted by Crippen LogP contribution is 2.30. The van der Waals surface area contributed by atoms with Gasteiger partial charge in [0.05, 0.1) is 11.8 Å². The summed E-state index contributed by atoms with van der Waals surface area (Å²) in [4.78, 5) is 26.1. The number of carbonyl (C=O) groups excluding carboxylic acids is 2. The van der Waals surface area contributed by atoms with Gasteiger partial charge in [-0.3, -0.25) is 4.79 Å². The molecule has 6 heteroatoms. The van der Waals surface area contributed by atoms with Crippen LogP contribution in [0.1, 0.15) is 27.0 Å². The second-order valence-corrected chi connectivity index (χ2v) is 8.63. The molecular formula is C32H24N2O4. The molecule has 5 aromatic rings. The highest BCUT2D eigenvalue weighted by atomic mass is 16.5. The van der Waals surface area contributed by atoms with E-state index in [0.29, 0.717) is 28.0 Å². The van der Waals surface area contributed by atoms with Crippen molar-refractivity contribution in [3.63, 3.8) is 0 Å². The Labute approximate surface area is 219 Å². The first-order chi connectivity index (χ1) is 18.6. The first kappa shape index (κ1) is 24.6. The van der Waals surface area contributed by atoms with E-state index in [4.69, 9.17) is 4.74 Å². The largest absolute Gasteiger partial charge is 0.423 e. The number of benzene rings is 5. The van der Waals surface area contributed by atoms with Gasteiger partial charge in [0.2, 0.25) is 0 Å². The number of esters is 1. The molecule has 0 unspecified atom stereocenters. The molecule has 0 saturated carbocycles. The maximum absolute atomic E-state index is 13.2. The van der Waals surface area contributed by atoms with E-state index in [1.807, 2.05) is 48.5 Å². The van der Waals surface area contributed by atoms with Crippen molar-refractivity contribution in [1.82, 2.24) is 5.43 Å². The van der Waals surface area contributed by atoms with E-state index in [0.717, 1.165) is 10.8 Å². The van der Waals surface area contributed by atoms with Crippen molar-refractivity contribution in [2.45, 2.75) is 5.60 Å². The van der Waals surface area contributed by atoms with Gasteiger partial charge in [-0.25, -0.2) is 10.2 Å². The van der Waals surface area contributed by atoms with Gasteiger partial charge >= 0.3 is 5.97 Å². The quantitative estimate of drug-likeness (QED) is 0.135. The fraction of sp³-hybridized carbons (Fsp3) is 0.0312. The van der Waals surface area contributed by atoms with Crippen LogP contribution in [0.2, 0.25) is 0 Å². The van der Waals surface area contributed by atoms with E-state index in [1.165, 1.54) is 6.21 Å². The number of nitrogens with one attached hydrogen (secondary N) is 1. The lowest BCUT2D eigenvalue weighted by atomic mass is 9.85. The van der Waals surface area contributed by atoms with Crippen LogP contribution >= 0.6 is 0 Å². The number of hydrogen-bond acceptors (Lipinski definition) is 5. The Morgan fingerprint density at radius 2 is 1.34 bits per heavy atom. The van der Waals surface area contributed by atoms with E-state index >= 15 is 0 Å². The van der Waals surface area contributed by atoms with E-state index in [-0.39, 0.29) is 0 Å². The SMILES string of the molecule is O=C(Oc1cccc(/C=N\NC(=O)C(O)(c2ccccc2)c2ccccc2)c1)c1cccc2ccccc12. The normalized spacial score (nSPS) is 11.4. The third-order valence-corrected chi connectivity index (χ3v) is 6.17. The van der Waals surface area contributed by atoms with Crippen LogP contribution in [-0.4, -0.2) is 23.2 Å². The van der Waals surface area contributed by atoms with Crippen LogP contribution in [0, 0.1) is 0 Å². The van der Waals surface area contributed by atoms with Crippen LogP contribution in [0.15, 0.2) is 132 Å². The Balaban J connectivity index is 1.32. The average molecular weight is 501 g/mol. The van der Waals surface area contributed by atoms with E-state index in [9.17, 15) is 14.7 Å². The fourth-order valence-electron chi connectivity index (χ4n) is 4.26. The summed E-state index contributed by atoms with van der Waals surface area (Å²) in [5.74, 6) is -0.840. The van der Waals surface area contributed by atoms with Crippen molar-refractivity contribution in [2.24, 2.45) is 5.10 Å². The number of nitrogens with zero attached hydrogens (tertiary/aromatic N) is 1. The predicted octanol–water partition coefficient (Wildman–Crippen LogP) is 5.45. The van der Waals surface area contributed by atoms with Gasteiger partial charge in [0.15, 0.2) is 5.60 Å². The van der Waals surface area contributed by atoms with E-state index in [1.54, 1.807) is 78.9 Å². The van der Waals surface area contributed by atoms with Gasteiger partial charge in [0, 0.05) is 0 Å². The number of ether oxygens (including phenoxy) is 1. The molecule has 0 heterocycles. The van der Waals surface area contributed by atoms with Crippen molar-refractivity contribution < 1.29 is 19.4 Å². The number of fused-ring (bicyclic) bond motifs is 1. The minimum absolute atomic E-state index is 0.336. The third-order valence-electron chi connectivity index (χ3n) is 6.17. The standard InChI is InChI=1S/C32H24N2O4/c35-30(29-20-10-13-24-12-7-8-19-28(24)29)38-27-18-9-11-23(21-27)22-33-34-31(36)32(37,25-14-3-1-4-15-25)26-16-5-2-6-17-26/h1-22,37H,(H,34,36)/b33-22-. The second-order valence-electron chi connectivity index (χ2n) is 8.63. The maximum Gasteiger partial charge on any atom is 0.344 e. The summed E-state index contributed by atoms with van der Waals surface area (Å²) in [7, 11) is 0. The smallest absolute Gasteiger partial charge is 0.344 e. The van der Waals surface area contributed by atoms with Gasteiger partial charge in [0.1, 0.15) is 5.75 Å². The Morgan fingerprint density at radius 3 is 2.05 bits per heavy atom. The Kier molecular flexibility index (Phi) is 7.06. The first-order valence-electron chi connectivity index (χ1n) is 12.0. The van der Waals surface area contributed by atoms with Gasteiger partial charge in [-0.1, -0.05) is 109 Å². The zero-order valence-corrected chi connectivity index (χ0v) is 20.3. The van der Waals surface area contributed by atoms with Crippen LogP contribution in [0.5, 0.6) is 5.75 Å². The maximum atomic E-state index is 13.2. The third kappa shape index (κ3) is 5.07. The molecule has 1 amide bonds. The zero-order chi connectivity index (χ0) is 26.4. The molecule has 5 rings (SSSR count). The van der Waals surface area contributed by atoms with Crippen molar-refractivity contribution >= 4 is 28.9 Å². The summed E-state index contributed by atoms with van der Waals surface area (Å²) in [6.45, 7) is 0. The molecule has 38 heavy (non-hydrogen) atoms. The van der Waals surface area contributed by atoms with Crippen molar-refractivity contribution in [1.29, 1.82) is 0 Å². The van der Waals surface area contributed by atoms with Gasteiger partial charge in [-0.2, -0.15) is 5.10 Å². The Hall–Kier alpha value is -5.07. The molecule has 0 aliphatic rings. The highest BCUT2D eigenvalue weighted by Gasteiger charge is 2.39. The number of aliphatic hydroxyl groups is 1. The van der Waals surface area contributed by atoms with Crippen LogP contribution in [0.25, 0.3) is 10.8 Å². The molecule has 0 aliphatic heterocycles.